The molecule has 1 N–H and O–H groups in total. The van der Waals surface area contributed by atoms with E-state index in [1.807, 2.05) is 18.7 Å². The Morgan fingerprint density at radius 3 is 2.41 bits per heavy atom. The minimum Gasteiger partial charge on any atom is -0.381 e. The molecule has 41 heavy (non-hydrogen) atoms. The van der Waals surface area contributed by atoms with E-state index in [-0.39, 0.29) is 35.4 Å². The van der Waals surface area contributed by atoms with Gasteiger partial charge in [-0.1, -0.05) is 25.1 Å². The smallest absolute Gasteiger partial charge is 0.160 e. The molecular weight excluding hydrogens is 526 g/mol. The Morgan fingerprint density at radius 1 is 1.00 bits per heavy atom. The molecule has 3 aliphatic rings. The lowest BCUT2D eigenvalue weighted by atomic mass is 9.92. The van der Waals surface area contributed by atoms with Crippen molar-refractivity contribution in [2.24, 2.45) is 17.3 Å². The first-order valence-electron chi connectivity index (χ1n) is 14.5. The van der Waals surface area contributed by atoms with E-state index in [0.717, 1.165) is 71.2 Å². The van der Waals surface area contributed by atoms with Gasteiger partial charge >= 0.3 is 0 Å². The predicted molar refractivity (Wildman–Crippen MR) is 151 cm³/mol. The first kappa shape index (κ1) is 26.6. The van der Waals surface area contributed by atoms with Gasteiger partial charge in [0.05, 0.1) is 28.9 Å². The van der Waals surface area contributed by atoms with Gasteiger partial charge in [0.25, 0.3) is 0 Å². The Morgan fingerprint density at radius 2 is 1.76 bits per heavy atom. The van der Waals surface area contributed by atoms with E-state index in [0.29, 0.717) is 5.69 Å². The van der Waals surface area contributed by atoms with Gasteiger partial charge in [-0.2, -0.15) is 0 Å². The highest BCUT2D eigenvalue weighted by Gasteiger charge is 2.72. The van der Waals surface area contributed by atoms with E-state index in [2.05, 4.69) is 41.8 Å². The largest absolute Gasteiger partial charge is 0.381 e. The number of halogens is 2. The molecule has 4 aromatic rings. The van der Waals surface area contributed by atoms with Gasteiger partial charge in [-0.15, -0.1) is 0 Å². The summed E-state index contributed by atoms with van der Waals surface area (Å²) >= 11 is 0. The molecule has 0 spiro atoms. The Labute approximate surface area is 238 Å². The van der Waals surface area contributed by atoms with Crippen molar-refractivity contribution in [3.05, 3.63) is 65.3 Å². The minimum absolute atomic E-state index is 0.00373. The van der Waals surface area contributed by atoms with Crippen LogP contribution in [0.2, 0.25) is 0 Å². The van der Waals surface area contributed by atoms with Gasteiger partial charge in [-0.05, 0) is 80.7 Å². The summed E-state index contributed by atoms with van der Waals surface area (Å²) in [5.74, 6) is -0.110. The number of fused-ring (bicyclic) bond motifs is 2. The molecular formula is C32H36F2N4O3. The van der Waals surface area contributed by atoms with Gasteiger partial charge in [0.2, 0.25) is 0 Å². The number of aliphatic hydroxyl groups is 1. The topological polar surface area (TPSA) is 76.6 Å². The zero-order valence-corrected chi connectivity index (χ0v) is 24.1. The average Bonchev–Trinajstić information content (AvgIpc) is 3.27. The highest BCUT2D eigenvalue weighted by molar-refractivity contribution is 5.84. The van der Waals surface area contributed by atoms with Crippen LogP contribution < -0.4 is 4.90 Å². The number of imidazole rings is 1. The number of piperidine rings is 1. The summed E-state index contributed by atoms with van der Waals surface area (Å²) in [5.41, 5.74) is 5.00. The summed E-state index contributed by atoms with van der Waals surface area (Å²) in [6, 6.07) is 10.1. The molecule has 0 bridgehead atoms. The van der Waals surface area contributed by atoms with Gasteiger partial charge in [-0.25, -0.2) is 13.8 Å². The van der Waals surface area contributed by atoms with Crippen LogP contribution in [0.4, 0.5) is 14.5 Å². The van der Waals surface area contributed by atoms with Gasteiger partial charge in [0.1, 0.15) is 17.8 Å². The Bertz CT molecular complexity index is 1620. The fourth-order valence-corrected chi connectivity index (χ4v) is 7.95. The Hall–Kier alpha value is -3.30. The summed E-state index contributed by atoms with van der Waals surface area (Å²) in [5, 5.41) is 15.7. The van der Waals surface area contributed by atoms with Crippen molar-refractivity contribution in [3.63, 3.8) is 0 Å². The summed E-state index contributed by atoms with van der Waals surface area (Å²) < 4.78 is 41.9. The number of nitrogens with zero attached hydrogens (tertiary/aromatic N) is 4. The molecule has 7 rings (SSSR count). The summed E-state index contributed by atoms with van der Waals surface area (Å²) in [6.45, 7) is 8.19. The zero-order chi connectivity index (χ0) is 28.8. The summed E-state index contributed by atoms with van der Waals surface area (Å²) in [4.78, 5) is 7.15. The first-order valence-corrected chi connectivity index (χ1v) is 14.5. The van der Waals surface area contributed by atoms with Crippen molar-refractivity contribution in [2.45, 2.75) is 77.8 Å². The summed E-state index contributed by atoms with van der Waals surface area (Å²) in [7, 11) is 1.77. The molecule has 4 atom stereocenters. The van der Waals surface area contributed by atoms with E-state index < -0.39 is 17.9 Å². The number of anilines is 1. The number of aromatic nitrogens is 3. The number of rotatable bonds is 5. The lowest BCUT2D eigenvalue weighted by Gasteiger charge is -2.37. The van der Waals surface area contributed by atoms with Crippen molar-refractivity contribution < 1.29 is 23.1 Å². The lowest BCUT2D eigenvalue weighted by molar-refractivity contribution is 0.0583. The summed E-state index contributed by atoms with van der Waals surface area (Å²) in [6.07, 6.45) is 3.21. The fourth-order valence-electron chi connectivity index (χ4n) is 7.95. The predicted octanol–water partition coefficient (Wildman–Crippen LogP) is 6.87. The number of methoxy groups -OCH3 is 1. The Balaban J connectivity index is 1.41. The second-order valence-electron chi connectivity index (χ2n) is 12.6. The molecule has 2 aromatic carbocycles. The highest BCUT2D eigenvalue weighted by Crippen LogP contribution is 2.71. The molecule has 2 aliphatic carbocycles. The third kappa shape index (κ3) is 3.96. The first-order chi connectivity index (χ1) is 19.6. The van der Waals surface area contributed by atoms with Crippen LogP contribution in [-0.4, -0.2) is 39.3 Å². The number of ether oxygens (including phenoxy) is 1. The normalized spacial score (nSPS) is 28.8. The molecule has 2 saturated carbocycles. The van der Waals surface area contributed by atoms with Crippen LogP contribution in [0.25, 0.3) is 22.2 Å². The maximum atomic E-state index is 14.5. The van der Waals surface area contributed by atoms with E-state index in [4.69, 9.17) is 14.2 Å². The van der Waals surface area contributed by atoms with Gasteiger partial charge in [0.15, 0.2) is 11.6 Å². The van der Waals surface area contributed by atoms with E-state index >= 15 is 0 Å². The maximum Gasteiger partial charge on any atom is 0.160 e. The van der Waals surface area contributed by atoms with Crippen LogP contribution in [-0.2, 0) is 4.74 Å². The molecule has 216 valence electrons. The van der Waals surface area contributed by atoms with Crippen molar-refractivity contribution in [1.29, 1.82) is 0 Å². The lowest BCUT2D eigenvalue weighted by Crippen LogP contribution is -2.40. The molecule has 9 heteroatoms. The number of aliphatic hydroxyl groups excluding tert-OH is 1. The van der Waals surface area contributed by atoms with Crippen LogP contribution in [0.5, 0.6) is 0 Å². The van der Waals surface area contributed by atoms with E-state index in [9.17, 15) is 13.9 Å². The SMILES string of the molecule is CO[C@H]1CC[C@H](n2c([C@@H]3[C@@H]4[C@H](C(O)N3c3ccc(F)c(F)c3)C4(C)C)nc3cc(-c4c(C)noc4C)ccc32)CC1. The van der Waals surface area contributed by atoms with Gasteiger partial charge < -0.3 is 23.8 Å². The molecule has 0 amide bonds. The number of hydrogen-bond acceptors (Lipinski definition) is 6. The van der Waals surface area contributed by atoms with Gasteiger partial charge in [0, 0.05) is 36.4 Å². The van der Waals surface area contributed by atoms with E-state index in [1.165, 1.54) is 6.07 Å². The monoisotopic (exact) mass is 562 g/mol. The molecule has 1 unspecified atom stereocenters. The number of hydrogen-bond donors (Lipinski definition) is 1. The molecule has 2 aromatic heterocycles. The molecule has 1 aliphatic heterocycles. The second-order valence-corrected chi connectivity index (χ2v) is 12.6. The van der Waals surface area contributed by atoms with Crippen molar-refractivity contribution >= 4 is 16.7 Å². The highest BCUT2D eigenvalue weighted by atomic mass is 19.2. The van der Waals surface area contributed by atoms with Crippen LogP contribution in [0.3, 0.4) is 0 Å². The number of benzene rings is 2. The Kier molecular flexibility index (Phi) is 6.07. The maximum absolute atomic E-state index is 14.5. The quantitative estimate of drug-likeness (QED) is 0.286. The van der Waals surface area contributed by atoms with Crippen molar-refractivity contribution in [2.75, 3.05) is 12.0 Å². The molecule has 3 heterocycles. The molecule has 7 nitrogen and oxygen atoms in total. The van der Waals surface area contributed by atoms with Crippen LogP contribution in [0.15, 0.2) is 40.9 Å². The third-order valence-corrected chi connectivity index (χ3v) is 10.1. The molecule has 1 saturated heterocycles. The molecule has 3 fully saturated rings. The minimum atomic E-state index is -0.927. The second kappa shape index (κ2) is 9.36. The average molecular weight is 563 g/mol. The van der Waals surface area contributed by atoms with Crippen molar-refractivity contribution in [1.82, 2.24) is 14.7 Å². The number of aryl methyl sites for hydroxylation is 2. The van der Waals surface area contributed by atoms with Crippen LogP contribution in [0, 0.1) is 42.7 Å². The standard InChI is InChI=1S/C32H36F2N4O3/c1-16-26(17(2)41-36-16)18-6-13-25-24(14-18)35-30(37(25)19-7-10-21(40-5)11-8-19)29-27-28(32(27,3)4)31(39)38(29)20-9-12-22(33)23(34)15-20/h6,9,12-15,19,21,27-29,31,39H,7-8,10-11H2,1-5H3/t19-,21-,27-,28+,29-,31?/m0/s1. The van der Waals surface area contributed by atoms with Gasteiger partial charge in [-0.3, -0.25) is 0 Å². The third-order valence-electron chi connectivity index (χ3n) is 10.1. The van der Waals surface area contributed by atoms with Crippen molar-refractivity contribution in [3.8, 4) is 11.1 Å². The van der Waals surface area contributed by atoms with Crippen LogP contribution in [0.1, 0.15) is 68.9 Å². The molecule has 0 radical (unpaired) electrons. The fraction of sp³-hybridized carbons (Fsp3) is 0.500. The zero-order valence-electron chi connectivity index (χ0n) is 24.1. The van der Waals surface area contributed by atoms with Crippen LogP contribution >= 0.6 is 0 Å². The van der Waals surface area contributed by atoms with E-state index in [1.54, 1.807) is 13.2 Å².